The Morgan fingerprint density at radius 3 is 2.40 bits per heavy atom. The van der Waals surface area contributed by atoms with E-state index in [1.165, 1.54) is 16.7 Å². The van der Waals surface area contributed by atoms with Gasteiger partial charge in [-0.3, -0.25) is 0 Å². The van der Waals surface area contributed by atoms with Crippen molar-refractivity contribution in [2.45, 2.75) is 20.3 Å². The van der Waals surface area contributed by atoms with Gasteiger partial charge >= 0.3 is 37.9 Å². The summed E-state index contributed by atoms with van der Waals surface area (Å²) in [6.07, 6.45) is 3.49. The minimum absolute atomic E-state index is 0.661. The third kappa shape index (κ3) is 3.73. The number of allylic oxidation sites excluding steroid dienone is 2. The van der Waals surface area contributed by atoms with Crippen molar-refractivity contribution in [2.24, 2.45) is 5.92 Å². The van der Waals surface area contributed by atoms with Gasteiger partial charge in [0.2, 0.25) is 0 Å². The molecule has 0 spiro atoms. The summed E-state index contributed by atoms with van der Waals surface area (Å²) in [6.45, 7) is 4.52. The van der Waals surface area contributed by atoms with Gasteiger partial charge in [-0.15, -0.1) is 0 Å². The molecule has 80 valence electrons. The van der Waals surface area contributed by atoms with E-state index in [1.54, 1.807) is 0 Å². The fraction of sp³-hybridized carbons (Fsp3) is 0.333. The van der Waals surface area contributed by atoms with Crippen LogP contribution < -0.4 is 0 Å². The Kier molecular flexibility index (Phi) is 6.19. The van der Waals surface area contributed by atoms with Gasteiger partial charge in [0.25, 0.3) is 0 Å². The Labute approximate surface area is 110 Å². The number of benzene rings is 1. The number of hydrogen-bond donors (Lipinski definition) is 0. The molecule has 0 atom stereocenters. The first-order valence-electron chi connectivity index (χ1n) is 4.95. The zero-order valence-corrected chi connectivity index (χ0v) is 12.9. The van der Waals surface area contributed by atoms with E-state index in [4.69, 9.17) is 17.0 Å². The van der Waals surface area contributed by atoms with Crippen molar-refractivity contribution in [1.82, 2.24) is 0 Å². The monoisotopic (exact) mass is 318 g/mol. The quantitative estimate of drug-likeness (QED) is 0.706. The molecule has 2 rings (SSSR count). The summed E-state index contributed by atoms with van der Waals surface area (Å²) in [5.41, 5.74) is 4.47. The molecule has 0 aliphatic heterocycles. The molecule has 15 heavy (non-hydrogen) atoms. The maximum atomic E-state index is 4.93. The fourth-order valence-corrected chi connectivity index (χ4v) is 1.86. The molecule has 0 radical (unpaired) electrons. The molecule has 0 saturated heterocycles. The van der Waals surface area contributed by atoms with Crippen LogP contribution in [0, 0.1) is 5.92 Å². The molecule has 0 heterocycles. The minimum atomic E-state index is -0.826. The Hall–Kier alpha value is 0.423. The van der Waals surface area contributed by atoms with Crippen LogP contribution in [-0.2, 0) is 27.3 Å². The predicted octanol–water partition coefficient (Wildman–Crippen LogP) is 4.66. The summed E-state index contributed by atoms with van der Waals surface area (Å²) < 4.78 is 0. The molecular weight excluding hydrogens is 306 g/mol. The Bertz CT molecular complexity index is 345. The van der Waals surface area contributed by atoms with E-state index in [0.29, 0.717) is 5.92 Å². The average molecular weight is 320 g/mol. The van der Waals surface area contributed by atoms with Crippen molar-refractivity contribution in [3.05, 3.63) is 41.5 Å². The predicted molar refractivity (Wildman–Crippen MR) is 64.7 cm³/mol. The van der Waals surface area contributed by atoms with Crippen molar-refractivity contribution in [1.29, 1.82) is 0 Å². The summed E-state index contributed by atoms with van der Waals surface area (Å²) in [5, 5.41) is 0. The molecule has 0 saturated carbocycles. The molecular formula is C12H14Cl2Zr. The molecule has 0 nitrogen and oxygen atoms in total. The molecule has 1 aromatic carbocycles. The average Bonchev–Trinajstić information content (AvgIpc) is 2.62. The molecule has 0 N–H and O–H groups in total. The van der Waals surface area contributed by atoms with Crippen molar-refractivity contribution in [3.8, 4) is 0 Å². The van der Waals surface area contributed by atoms with Crippen molar-refractivity contribution < 1.29 is 20.8 Å². The van der Waals surface area contributed by atoms with Gasteiger partial charge in [0, 0.05) is 0 Å². The van der Waals surface area contributed by atoms with Crippen LogP contribution in [-0.4, -0.2) is 0 Å². The molecule has 0 unspecified atom stereocenters. The molecule has 0 bridgehead atoms. The van der Waals surface area contributed by atoms with E-state index in [9.17, 15) is 0 Å². The van der Waals surface area contributed by atoms with E-state index in [2.05, 4.69) is 44.2 Å². The van der Waals surface area contributed by atoms with Gasteiger partial charge in [-0.05, 0) is 29.0 Å². The van der Waals surface area contributed by atoms with Crippen molar-refractivity contribution in [2.75, 3.05) is 0 Å². The van der Waals surface area contributed by atoms with Gasteiger partial charge in [0.05, 0.1) is 0 Å². The Morgan fingerprint density at radius 2 is 1.80 bits per heavy atom. The summed E-state index contributed by atoms with van der Waals surface area (Å²) in [4.78, 5) is 0. The van der Waals surface area contributed by atoms with Crippen LogP contribution in [0.2, 0.25) is 0 Å². The second-order valence-corrected chi connectivity index (χ2v) is 7.48. The van der Waals surface area contributed by atoms with Gasteiger partial charge < -0.3 is 0 Å². The summed E-state index contributed by atoms with van der Waals surface area (Å²) in [5.74, 6) is 0.661. The van der Waals surface area contributed by atoms with Crippen LogP contribution in [0.5, 0.6) is 0 Å². The van der Waals surface area contributed by atoms with Crippen LogP contribution in [0.15, 0.2) is 30.3 Å². The summed E-state index contributed by atoms with van der Waals surface area (Å²) in [7, 11) is 9.87. The SMILES string of the molecule is CC(C)C1=CCc2ccccc21.[Cl][Zr][Cl]. The van der Waals surface area contributed by atoms with E-state index >= 15 is 0 Å². The Morgan fingerprint density at radius 1 is 1.20 bits per heavy atom. The van der Waals surface area contributed by atoms with Crippen LogP contribution in [0.3, 0.4) is 0 Å². The number of hydrogen-bond acceptors (Lipinski definition) is 0. The van der Waals surface area contributed by atoms with Gasteiger partial charge in [0.15, 0.2) is 0 Å². The van der Waals surface area contributed by atoms with Crippen LogP contribution in [0.25, 0.3) is 5.57 Å². The van der Waals surface area contributed by atoms with E-state index in [-0.39, 0.29) is 0 Å². The molecule has 0 amide bonds. The van der Waals surface area contributed by atoms with Crippen LogP contribution in [0.4, 0.5) is 0 Å². The first-order chi connectivity index (χ1) is 7.20. The second kappa shape index (κ2) is 6.89. The molecule has 0 fully saturated rings. The van der Waals surface area contributed by atoms with E-state index in [1.807, 2.05) is 0 Å². The molecule has 1 aliphatic rings. The maximum absolute atomic E-state index is 4.93. The zero-order valence-electron chi connectivity index (χ0n) is 8.93. The summed E-state index contributed by atoms with van der Waals surface area (Å²) in [6, 6.07) is 8.70. The van der Waals surface area contributed by atoms with E-state index in [0.717, 1.165) is 6.42 Å². The van der Waals surface area contributed by atoms with Gasteiger partial charge in [-0.1, -0.05) is 44.2 Å². The van der Waals surface area contributed by atoms with Crippen LogP contribution in [0.1, 0.15) is 25.0 Å². The topological polar surface area (TPSA) is 0 Å². The van der Waals surface area contributed by atoms with Crippen molar-refractivity contribution in [3.63, 3.8) is 0 Å². The zero-order chi connectivity index (χ0) is 11.3. The third-order valence-electron chi connectivity index (χ3n) is 2.49. The van der Waals surface area contributed by atoms with Gasteiger partial charge in [-0.2, -0.15) is 0 Å². The molecule has 1 aromatic rings. The number of halogens is 2. The summed E-state index contributed by atoms with van der Waals surface area (Å²) >= 11 is -0.826. The number of fused-ring (bicyclic) bond motifs is 1. The normalized spacial score (nSPS) is 12.7. The molecule has 3 heteroatoms. The van der Waals surface area contributed by atoms with Crippen molar-refractivity contribution >= 4 is 22.6 Å². The van der Waals surface area contributed by atoms with E-state index < -0.39 is 20.8 Å². The Balaban J connectivity index is 0.000000337. The first-order valence-corrected chi connectivity index (χ1v) is 11.3. The van der Waals surface area contributed by atoms with Gasteiger partial charge in [0.1, 0.15) is 0 Å². The first kappa shape index (κ1) is 13.5. The molecule has 1 aliphatic carbocycles. The van der Waals surface area contributed by atoms with Gasteiger partial charge in [-0.25, -0.2) is 0 Å². The number of rotatable bonds is 1. The standard InChI is InChI=1S/C12H14.2ClH.Zr/c1-9(2)11-8-7-10-5-3-4-6-12(10)11;;;/h3-6,8-9H,7H2,1-2H3;2*1H;/q;;;+2/p-2. The third-order valence-corrected chi connectivity index (χ3v) is 2.49. The molecule has 0 aromatic heterocycles. The van der Waals surface area contributed by atoms with Crippen LogP contribution >= 0.6 is 17.0 Å². The second-order valence-electron chi connectivity index (χ2n) is 3.75. The fourth-order valence-electron chi connectivity index (χ4n) is 1.86.